The van der Waals surface area contributed by atoms with Gasteiger partial charge in [0.15, 0.2) is 11.5 Å². The van der Waals surface area contributed by atoms with Crippen LogP contribution in [0.3, 0.4) is 0 Å². The standard InChI is InChI=1S/C17H26N4O2/c1-17(23)10-4-3-6-12(17)14-7-5-11-21(14)15-9-8-13(19-20-15)16(22)18-2/h8-9,12,14,23H,3-7,10-11H2,1-2H3,(H,18,22). The molecule has 2 aliphatic rings. The number of nitrogens with zero attached hydrogens (tertiary/aromatic N) is 3. The van der Waals surface area contributed by atoms with E-state index in [1.54, 1.807) is 13.1 Å². The van der Waals surface area contributed by atoms with Crippen LogP contribution >= 0.6 is 0 Å². The molecule has 1 amide bonds. The Labute approximate surface area is 137 Å². The number of hydrogen-bond acceptors (Lipinski definition) is 5. The largest absolute Gasteiger partial charge is 0.390 e. The number of anilines is 1. The van der Waals surface area contributed by atoms with Gasteiger partial charge in [-0.2, -0.15) is 0 Å². The third kappa shape index (κ3) is 3.17. The van der Waals surface area contributed by atoms with E-state index in [4.69, 9.17) is 0 Å². The molecule has 1 saturated heterocycles. The number of rotatable bonds is 3. The number of carbonyl (C=O) groups is 1. The average Bonchev–Trinajstić information content (AvgIpc) is 3.03. The van der Waals surface area contributed by atoms with Crippen LogP contribution in [-0.4, -0.2) is 46.4 Å². The fourth-order valence-corrected chi connectivity index (χ4v) is 4.17. The van der Waals surface area contributed by atoms with E-state index in [0.717, 1.165) is 44.5 Å². The molecule has 1 aliphatic carbocycles. The van der Waals surface area contributed by atoms with E-state index in [1.807, 2.05) is 13.0 Å². The zero-order valence-corrected chi connectivity index (χ0v) is 14.0. The molecule has 3 rings (SSSR count). The van der Waals surface area contributed by atoms with Gasteiger partial charge in [-0.15, -0.1) is 10.2 Å². The molecule has 3 unspecified atom stereocenters. The predicted octanol–water partition coefficient (Wildman–Crippen LogP) is 1.75. The lowest BCUT2D eigenvalue weighted by Crippen LogP contribution is -2.49. The minimum absolute atomic E-state index is 0.225. The predicted molar refractivity (Wildman–Crippen MR) is 88.4 cm³/mol. The third-order valence-corrected chi connectivity index (χ3v) is 5.41. The minimum atomic E-state index is -0.596. The number of carbonyl (C=O) groups excluding carboxylic acids is 1. The Bertz CT molecular complexity index is 558. The fraction of sp³-hybridized carbons (Fsp3) is 0.706. The molecule has 1 aromatic rings. The molecule has 3 atom stereocenters. The summed E-state index contributed by atoms with van der Waals surface area (Å²) in [5.74, 6) is 0.859. The van der Waals surface area contributed by atoms with Crippen molar-refractivity contribution >= 4 is 11.7 Å². The Morgan fingerprint density at radius 2 is 2.13 bits per heavy atom. The van der Waals surface area contributed by atoms with Gasteiger partial charge in [-0.1, -0.05) is 12.8 Å². The monoisotopic (exact) mass is 318 g/mol. The van der Waals surface area contributed by atoms with Gasteiger partial charge in [0, 0.05) is 25.6 Å². The molecule has 1 saturated carbocycles. The smallest absolute Gasteiger partial charge is 0.271 e. The first kappa shape index (κ1) is 16.2. The highest BCUT2D eigenvalue weighted by molar-refractivity contribution is 5.91. The molecular weight excluding hydrogens is 292 g/mol. The molecule has 23 heavy (non-hydrogen) atoms. The summed E-state index contributed by atoms with van der Waals surface area (Å²) in [4.78, 5) is 13.9. The number of aromatic nitrogens is 2. The number of amides is 1. The van der Waals surface area contributed by atoms with Crippen LogP contribution in [-0.2, 0) is 0 Å². The molecular formula is C17H26N4O2. The van der Waals surface area contributed by atoms with Crippen molar-refractivity contribution in [2.24, 2.45) is 5.92 Å². The topological polar surface area (TPSA) is 78.4 Å². The summed E-state index contributed by atoms with van der Waals surface area (Å²) in [6.07, 6.45) is 6.43. The molecule has 0 radical (unpaired) electrons. The van der Waals surface area contributed by atoms with Crippen molar-refractivity contribution in [3.05, 3.63) is 17.8 Å². The molecule has 0 aromatic carbocycles. The van der Waals surface area contributed by atoms with E-state index >= 15 is 0 Å². The maximum absolute atomic E-state index is 11.6. The average molecular weight is 318 g/mol. The lowest BCUT2D eigenvalue weighted by atomic mass is 9.72. The zero-order chi connectivity index (χ0) is 16.4. The van der Waals surface area contributed by atoms with Crippen molar-refractivity contribution < 1.29 is 9.90 Å². The highest BCUT2D eigenvalue weighted by Gasteiger charge is 2.43. The van der Waals surface area contributed by atoms with Gasteiger partial charge < -0.3 is 15.3 Å². The van der Waals surface area contributed by atoms with E-state index in [0.29, 0.717) is 11.7 Å². The first-order chi connectivity index (χ1) is 11.0. The van der Waals surface area contributed by atoms with Crippen LogP contribution in [0.2, 0.25) is 0 Å². The van der Waals surface area contributed by atoms with Crippen LogP contribution < -0.4 is 10.2 Å². The summed E-state index contributed by atoms with van der Waals surface area (Å²) in [6, 6.07) is 3.90. The summed E-state index contributed by atoms with van der Waals surface area (Å²) < 4.78 is 0. The second-order valence-corrected chi connectivity index (χ2v) is 6.97. The van der Waals surface area contributed by atoms with Crippen LogP contribution in [0.15, 0.2) is 12.1 Å². The van der Waals surface area contributed by atoms with Crippen LogP contribution in [0.1, 0.15) is 55.9 Å². The Hall–Kier alpha value is -1.69. The van der Waals surface area contributed by atoms with Gasteiger partial charge in [0.05, 0.1) is 5.60 Å². The van der Waals surface area contributed by atoms with Crippen molar-refractivity contribution in [1.82, 2.24) is 15.5 Å². The quantitative estimate of drug-likeness (QED) is 0.887. The highest BCUT2D eigenvalue weighted by atomic mass is 16.3. The Balaban J connectivity index is 1.80. The van der Waals surface area contributed by atoms with E-state index in [2.05, 4.69) is 20.4 Å². The second-order valence-electron chi connectivity index (χ2n) is 6.97. The third-order valence-electron chi connectivity index (χ3n) is 5.41. The molecule has 2 fully saturated rings. The van der Waals surface area contributed by atoms with Crippen LogP contribution in [0.4, 0.5) is 5.82 Å². The van der Waals surface area contributed by atoms with Crippen molar-refractivity contribution in [1.29, 1.82) is 0 Å². The van der Waals surface area contributed by atoms with Crippen LogP contribution in [0, 0.1) is 5.92 Å². The van der Waals surface area contributed by atoms with Crippen LogP contribution in [0.5, 0.6) is 0 Å². The van der Waals surface area contributed by atoms with Crippen molar-refractivity contribution in [2.45, 2.75) is 57.1 Å². The van der Waals surface area contributed by atoms with Gasteiger partial charge in [-0.25, -0.2) is 0 Å². The van der Waals surface area contributed by atoms with Gasteiger partial charge in [-0.3, -0.25) is 4.79 Å². The zero-order valence-electron chi connectivity index (χ0n) is 14.0. The highest BCUT2D eigenvalue weighted by Crippen LogP contribution is 2.41. The Kier molecular flexibility index (Phi) is 4.53. The number of aliphatic hydroxyl groups is 1. The normalized spacial score (nSPS) is 31.2. The molecule has 1 aromatic heterocycles. The summed E-state index contributed by atoms with van der Waals surface area (Å²) in [7, 11) is 1.58. The summed E-state index contributed by atoms with van der Waals surface area (Å²) >= 11 is 0. The molecule has 0 bridgehead atoms. The molecule has 2 N–H and O–H groups in total. The lowest BCUT2D eigenvalue weighted by Gasteiger charge is -2.43. The maximum atomic E-state index is 11.6. The summed E-state index contributed by atoms with van der Waals surface area (Å²) in [5, 5.41) is 21.6. The summed E-state index contributed by atoms with van der Waals surface area (Å²) in [5.41, 5.74) is -0.266. The molecule has 0 spiro atoms. The molecule has 1 aliphatic heterocycles. The maximum Gasteiger partial charge on any atom is 0.271 e. The van der Waals surface area contributed by atoms with Gasteiger partial charge >= 0.3 is 0 Å². The molecule has 6 heteroatoms. The lowest BCUT2D eigenvalue weighted by molar-refractivity contribution is -0.0411. The van der Waals surface area contributed by atoms with Gasteiger partial charge in [0.25, 0.3) is 5.91 Å². The minimum Gasteiger partial charge on any atom is -0.390 e. The van der Waals surface area contributed by atoms with Crippen molar-refractivity contribution in [2.75, 3.05) is 18.5 Å². The van der Waals surface area contributed by atoms with E-state index < -0.39 is 5.60 Å². The summed E-state index contributed by atoms with van der Waals surface area (Å²) in [6.45, 7) is 2.92. The van der Waals surface area contributed by atoms with Crippen LogP contribution in [0.25, 0.3) is 0 Å². The van der Waals surface area contributed by atoms with Gasteiger partial charge in [0.2, 0.25) is 0 Å². The first-order valence-corrected chi connectivity index (χ1v) is 8.58. The van der Waals surface area contributed by atoms with E-state index in [1.165, 1.54) is 6.42 Å². The van der Waals surface area contributed by atoms with E-state index in [9.17, 15) is 9.90 Å². The molecule has 6 nitrogen and oxygen atoms in total. The number of nitrogens with one attached hydrogen (secondary N) is 1. The first-order valence-electron chi connectivity index (χ1n) is 8.58. The second kappa shape index (κ2) is 6.43. The SMILES string of the molecule is CNC(=O)c1ccc(N2CCCC2C2CCCCC2(C)O)nn1. The fourth-order valence-electron chi connectivity index (χ4n) is 4.17. The van der Waals surface area contributed by atoms with Gasteiger partial charge in [-0.05, 0) is 44.7 Å². The van der Waals surface area contributed by atoms with Crippen molar-refractivity contribution in [3.63, 3.8) is 0 Å². The Morgan fingerprint density at radius 1 is 1.30 bits per heavy atom. The van der Waals surface area contributed by atoms with E-state index in [-0.39, 0.29) is 11.8 Å². The molecule has 126 valence electrons. The number of hydrogen-bond donors (Lipinski definition) is 2. The van der Waals surface area contributed by atoms with Gasteiger partial charge in [0.1, 0.15) is 0 Å². The molecule has 2 heterocycles. The Morgan fingerprint density at radius 3 is 2.78 bits per heavy atom. The van der Waals surface area contributed by atoms with Crippen molar-refractivity contribution in [3.8, 4) is 0 Å².